The molecule has 0 saturated carbocycles. The Bertz CT molecular complexity index is 1410. The summed E-state index contributed by atoms with van der Waals surface area (Å²) >= 11 is 0. The number of piperidine rings is 1. The molecule has 0 spiro atoms. The summed E-state index contributed by atoms with van der Waals surface area (Å²) in [4.78, 5) is 15.1. The van der Waals surface area contributed by atoms with Crippen LogP contribution in [0.1, 0.15) is 44.2 Å². The fourth-order valence-electron chi connectivity index (χ4n) is 5.31. The molecule has 4 nitrogen and oxygen atoms in total. The van der Waals surface area contributed by atoms with Crippen molar-refractivity contribution in [2.24, 2.45) is 0 Å². The van der Waals surface area contributed by atoms with E-state index in [0.29, 0.717) is 0 Å². The summed E-state index contributed by atoms with van der Waals surface area (Å²) in [5.41, 5.74) is 5.75. The van der Waals surface area contributed by atoms with Gasteiger partial charge in [0.25, 0.3) is 0 Å². The molecule has 1 aliphatic rings. The number of ether oxygens (including phenoxy) is 1. The number of likely N-dealkylation sites (tertiary alicyclic amines) is 1. The maximum absolute atomic E-state index is 13.1. The fraction of sp³-hybridized carbons (Fsp3) is 0.300. The lowest BCUT2D eigenvalue weighted by atomic mass is 9.94. The highest BCUT2D eigenvalue weighted by Crippen LogP contribution is 2.42. The number of carbonyl (C=O) groups excluding carboxylic acids is 1. The van der Waals surface area contributed by atoms with Crippen LogP contribution in [-0.4, -0.2) is 30.5 Å². The van der Waals surface area contributed by atoms with E-state index < -0.39 is 0 Å². The van der Waals surface area contributed by atoms with Crippen LogP contribution >= 0.6 is 0 Å². The van der Waals surface area contributed by atoms with E-state index in [4.69, 9.17) is 9.15 Å². The van der Waals surface area contributed by atoms with Gasteiger partial charge in [0.2, 0.25) is 5.91 Å². The molecule has 34 heavy (non-hydrogen) atoms. The summed E-state index contributed by atoms with van der Waals surface area (Å²) in [6.07, 6.45) is 6.93. The van der Waals surface area contributed by atoms with E-state index in [1.54, 1.807) is 13.2 Å². The van der Waals surface area contributed by atoms with Gasteiger partial charge in [-0.1, -0.05) is 42.5 Å². The zero-order chi connectivity index (χ0) is 23.8. The van der Waals surface area contributed by atoms with Crippen LogP contribution in [0.3, 0.4) is 0 Å². The van der Waals surface area contributed by atoms with Gasteiger partial charge >= 0.3 is 0 Å². The van der Waals surface area contributed by atoms with Crippen molar-refractivity contribution < 1.29 is 13.9 Å². The van der Waals surface area contributed by atoms with Gasteiger partial charge in [0.05, 0.1) is 13.4 Å². The standard InChI is InChI=1S/C30H31NO3/c1-19(16-28(32)31-15-8-7-10-20(31)2)25-17-26-27(18-34-30(26)21(3)29(25)33-4)24-14-9-12-22-11-5-6-13-23(22)24/h5-6,9,11-14,16-18,20H,7-8,10,15H2,1-4H3/b19-16+. The van der Waals surface area contributed by atoms with Crippen LogP contribution in [0, 0.1) is 6.92 Å². The highest BCUT2D eigenvalue weighted by molar-refractivity contribution is 6.07. The summed E-state index contributed by atoms with van der Waals surface area (Å²) in [7, 11) is 1.67. The molecular weight excluding hydrogens is 422 g/mol. The van der Waals surface area contributed by atoms with Gasteiger partial charge in [0.1, 0.15) is 11.3 Å². The third kappa shape index (κ3) is 3.77. The number of benzene rings is 3. The van der Waals surface area contributed by atoms with Crippen LogP contribution in [0.4, 0.5) is 0 Å². The summed E-state index contributed by atoms with van der Waals surface area (Å²) < 4.78 is 11.9. The highest BCUT2D eigenvalue weighted by atomic mass is 16.5. The molecule has 0 aliphatic carbocycles. The third-order valence-electron chi connectivity index (χ3n) is 7.18. The first-order chi connectivity index (χ1) is 16.5. The molecule has 4 aromatic rings. The van der Waals surface area contributed by atoms with E-state index in [2.05, 4.69) is 55.5 Å². The van der Waals surface area contributed by atoms with Crippen LogP contribution in [0.25, 0.3) is 38.4 Å². The molecule has 1 aliphatic heterocycles. The second kappa shape index (κ2) is 9.02. The van der Waals surface area contributed by atoms with Crippen LogP contribution in [-0.2, 0) is 4.79 Å². The van der Waals surface area contributed by atoms with Crippen LogP contribution < -0.4 is 4.74 Å². The number of nitrogens with zero attached hydrogens (tertiary/aromatic N) is 1. The normalized spacial score (nSPS) is 16.9. The molecule has 1 amide bonds. The van der Waals surface area contributed by atoms with Gasteiger partial charge in [-0.3, -0.25) is 4.79 Å². The Hall–Kier alpha value is -3.53. The smallest absolute Gasteiger partial charge is 0.247 e. The number of methoxy groups -OCH3 is 1. The van der Waals surface area contributed by atoms with E-state index in [1.165, 1.54) is 17.2 Å². The minimum absolute atomic E-state index is 0.0750. The van der Waals surface area contributed by atoms with Crippen LogP contribution in [0.2, 0.25) is 0 Å². The van der Waals surface area contributed by atoms with Gasteiger partial charge in [0.15, 0.2) is 0 Å². The zero-order valence-electron chi connectivity index (χ0n) is 20.4. The molecule has 0 radical (unpaired) electrons. The number of allylic oxidation sites excluding steroid dienone is 1. The van der Waals surface area contributed by atoms with E-state index in [9.17, 15) is 4.79 Å². The summed E-state index contributed by atoms with van der Waals surface area (Å²) in [6.45, 7) is 6.97. The van der Waals surface area contributed by atoms with Crippen molar-refractivity contribution in [3.63, 3.8) is 0 Å². The van der Waals surface area contributed by atoms with Crippen molar-refractivity contribution in [3.8, 4) is 16.9 Å². The van der Waals surface area contributed by atoms with Gasteiger partial charge in [0, 0.05) is 40.7 Å². The van der Waals surface area contributed by atoms with Crippen LogP contribution in [0.15, 0.2) is 65.3 Å². The van der Waals surface area contributed by atoms with E-state index >= 15 is 0 Å². The number of amides is 1. The molecule has 1 unspecified atom stereocenters. The fourth-order valence-corrected chi connectivity index (χ4v) is 5.31. The van der Waals surface area contributed by atoms with Crippen LogP contribution in [0.5, 0.6) is 5.75 Å². The number of hydrogen-bond acceptors (Lipinski definition) is 3. The Kier molecular flexibility index (Phi) is 5.91. The van der Waals surface area contributed by atoms with Gasteiger partial charge in [-0.05, 0) is 68.0 Å². The molecule has 0 bridgehead atoms. The van der Waals surface area contributed by atoms with E-state index in [1.807, 2.05) is 25.0 Å². The Morgan fingerprint density at radius 2 is 1.88 bits per heavy atom. The van der Waals surface area contributed by atoms with Crippen molar-refractivity contribution in [3.05, 3.63) is 72.0 Å². The lowest BCUT2D eigenvalue weighted by molar-refractivity contribution is -0.129. The first-order valence-electron chi connectivity index (χ1n) is 12.1. The Morgan fingerprint density at radius 3 is 2.68 bits per heavy atom. The van der Waals surface area contributed by atoms with Crippen molar-refractivity contribution in [2.75, 3.05) is 13.7 Å². The predicted molar refractivity (Wildman–Crippen MR) is 139 cm³/mol. The molecule has 1 saturated heterocycles. The number of hydrogen-bond donors (Lipinski definition) is 0. The van der Waals surface area contributed by atoms with E-state index in [-0.39, 0.29) is 11.9 Å². The lowest BCUT2D eigenvalue weighted by Gasteiger charge is -2.32. The molecule has 4 heteroatoms. The third-order valence-corrected chi connectivity index (χ3v) is 7.18. The first-order valence-corrected chi connectivity index (χ1v) is 12.1. The second-order valence-corrected chi connectivity index (χ2v) is 9.34. The average molecular weight is 454 g/mol. The number of rotatable bonds is 4. The quantitative estimate of drug-likeness (QED) is 0.303. The maximum atomic E-state index is 13.1. The number of furan rings is 1. The topological polar surface area (TPSA) is 42.7 Å². The minimum Gasteiger partial charge on any atom is -0.496 e. The van der Waals surface area contributed by atoms with Crippen molar-refractivity contribution in [1.82, 2.24) is 4.90 Å². The van der Waals surface area contributed by atoms with Crippen molar-refractivity contribution >= 4 is 33.2 Å². The molecule has 5 rings (SSSR count). The lowest BCUT2D eigenvalue weighted by Crippen LogP contribution is -2.41. The molecule has 174 valence electrons. The zero-order valence-corrected chi connectivity index (χ0v) is 20.4. The largest absolute Gasteiger partial charge is 0.496 e. The molecule has 1 fully saturated rings. The minimum atomic E-state index is 0.0750. The molecule has 2 heterocycles. The molecule has 3 aromatic carbocycles. The van der Waals surface area contributed by atoms with Gasteiger partial charge in [-0.25, -0.2) is 0 Å². The van der Waals surface area contributed by atoms with Gasteiger partial charge < -0.3 is 14.1 Å². The van der Waals surface area contributed by atoms with Crippen molar-refractivity contribution in [1.29, 1.82) is 0 Å². The molecule has 1 aromatic heterocycles. The number of aryl methyl sites for hydroxylation is 1. The monoisotopic (exact) mass is 453 g/mol. The molecular formula is C30H31NO3. The molecule has 0 N–H and O–H groups in total. The number of carbonyl (C=O) groups is 1. The summed E-state index contributed by atoms with van der Waals surface area (Å²) in [5, 5.41) is 3.40. The first kappa shape index (κ1) is 22.3. The summed E-state index contributed by atoms with van der Waals surface area (Å²) in [6, 6.07) is 17.1. The Balaban J connectivity index is 1.65. The Labute approximate surface area is 200 Å². The van der Waals surface area contributed by atoms with Gasteiger partial charge in [-0.2, -0.15) is 0 Å². The van der Waals surface area contributed by atoms with E-state index in [0.717, 1.165) is 63.9 Å². The van der Waals surface area contributed by atoms with Crippen molar-refractivity contribution in [2.45, 2.75) is 46.1 Å². The summed E-state index contributed by atoms with van der Waals surface area (Å²) in [5.74, 6) is 0.825. The Morgan fingerprint density at radius 1 is 1.09 bits per heavy atom. The second-order valence-electron chi connectivity index (χ2n) is 9.34. The maximum Gasteiger partial charge on any atom is 0.247 e. The highest BCUT2D eigenvalue weighted by Gasteiger charge is 2.23. The average Bonchev–Trinajstić information content (AvgIpc) is 3.28. The van der Waals surface area contributed by atoms with Gasteiger partial charge in [-0.15, -0.1) is 0 Å². The SMILES string of the molecule is COc1c(/C(C)=C/C(=O)N2CCCCC2C)cc2c(-c3cccc4ccccc34)coc2c1C. The molecule has 1 atom stereocenters. The predicted octanol–water partition coefficient (Wildman–Crippen LogP) is 7.37. The number of fused-ring (bicyclic) bond motifs is 2.